The van der Waals surface area contributed by atoms with Crippen LogP contribution in [0.5, 0.6) is 5.75 Å². The predicted octanol–water partition coefficient (Wildman–Crippen LogP) is 4.17. The van der Waals surface area contributed by atoms with Gasteiger partial charge in [0.05, 0.1) is 17.6 Å². The number of fused-ring (bicyclic) bond motifs is 1. The summed E-state index contributed by atoms with van der Waals surface area (Å²) in [5.74, 6) is -0.675. The molecular weight excluding hydrogens is 442 g/mol. The van der Waals surface area contributed by atoms with E-state index in [1.165, 1.54) is 9.95 Å². The summed E-state index contributed by atoms with van der Waals surface area (Å²) in [4.78, 5) is 42.7. The average molecular weight is 464 g/mol. The van der Waals surface area contributed by atoms with Gasteiger partial charge in [0.25, 0.3) is 5.56 Å². The highest BCUT2D eigenvalue weighted by Gasteiger charge is 2.21. The fourth-order valence-corrected chi connectivity index (χ4v) is 4.30. The molecule has 0 unspecified atom stereocenters. The number of nitrogens with zero attached hydrogens (tertiary/aromatic N) is 2. The molecule has 2 N–H and O–H groups in total. The highest BCUT2D eigenvalue weighted by molar-refractivity contribution is 7.17. The second-order valence-corrected chi connectivity index (χ2v) is 8.19. The van der Waals surface area contributed by atoms with Crippen LogP contribution in [0.25, 0.3) is 21.6 Å². The van der Waals surface area contributed by atoms with Crippen molar-refractivity contribution >= 4 is 39.1 Å². The molecule has 0 aliphatic rings. The molecule has 1 amide bonds. The lowest BCUT2D eigenvalue weighted by molar-refractivity contribution is -0.116. The average Bonchev–Trinajstić information content (AvgIpc) is 3.22. The van der Waals surface area contributed by atoms with Crippen LogP contribution in [0.2, 0.25) is 0 Å². The monoisotopic (exact) mass is 463 g/mol. The van der Waals surface area contributed by atoms with E-state index in [1.807, 2.05) is 38.1 Å². The van der Waals surface area contributed by atoms with Crippen LogP contribution in [0.15, 0.2) is 58.7 Å². The van der Waals surface area contributed by atoms with Gasteiger partial charge >= 0.3 is 5.97 Å². The molecule has 4 rings (SSSR count). The van der Waals surface area contributed by atoms with Gasteiger partial charge in [-0.1, -0.05) is 29.8 Å². The lowest BCUT2D eigenvalue weighted by atomic mass is 10.1. The fourth-order valence-electron chi connectivity index (χ4n) is 3.40. The van der Waals surface area contributed by atoms with Gasteiger partial charge in [0.15, 0.2) is 0 Å². The topological polar surface area (TPSA) is 111 Å². The standard InChI is InChI=1S/C24H21N3O5S/c1-3-32-17-10-8-16(9-11-17)25-19(28)12-27-21(15-6-4-14(2)5-7-15)26-22-20(23(27)29)18(13-33-22)24(30)31/h4-11,13H,3,12H2,1-2H3,(H,25,28)(H,30,31). The lowest BCUT2D eigenvalue weighted by Crippen LogP contribution is -2.30. The zero-order chi connectivity index (χ0) is 23.5. The summed E-state index contributed by atoms with van der Waals surface area (Å²) < 4.78 is 6.62. The Morgan fingerprint density at radius 1 is 1.12 bits per heavy atom. The number of rotatable bonds is 7. The summed E-state index contributed by atoms with van der Waals surface area (Å²) in [6, 6.07) is 14.3. The van der Waals surface area contributed by atoms with Gasteiger partial charge in [-0.3, -0.25) is 14.2 Å². The number of nitrogens with one attached hydrogen (secondary N) is 1. The van der Waals surface area contributed by atoms with Gasteiger partial charge in [0.1, 0.15) is 22.9 Å². The molecule has 2 aromatic carbocycles. The number of carbonyl (C=O) groups excluding carboxylic acids is 1. The molecule has 0 spiro atoms. The highest BCUT2D eigenvalue weighted by Crippen LogP contribution is 2.26. The first-order valence-electron chi connectivity index (χ1n) is 10.2. The number of hydrogen-bond acceptors (Lipinski definition) is 6. The minimum atomic E-state index is -1.21. The quantitative estimate of drug-likeness (QED) is 0.426. The van der Waals surface area contributed by atoms with Crippen molar-refractivity contribution in [2.45, 2.75) is 20.4 Å². The van der Waals surface area contributed by atoms with Gasteiger partial charge in [0, 0.05) is 16.6 Å². The van der Waals surface area contributed by atoms with Crippen LogP contribution in [0.1, 0.15) is 22.8 Å². The fraction of sp³-hybridized carbons (Fsp3) is 0.167. The summed E-state index contributed by atoms with van der Waals surface area (Å²) in [6.45, 7) is 4.03. The molecule has 2 aromatic heterocycles. The molecule has 0 saturated carbocycles. The van der Waals surface area contributed by atoms with Gasteiger partial charge in [-0.2, -0.15) is 0 Å². The number of hydrogen-bond donors (Lipinski definition) is 2. The van der Waals surface area contributed by atoms with Crippen molar-refractivity contribution in [3.05, 3.63) is 75.4 Å². The van der Waals surface area contributed by atoms with Crippen LogP contribution in [-0.2, 0) is 11.3 Å². The van der Waals surface area contributed by atoms with E-state index < -0.39 is 17.4 Å². The van der Waals surface area contributed by atoms with Gasteiger partial charge in [-0.15, -0.1) is 11.3 Å². The summed E-state index contributed by atoms with van der Waals surface area (Å²) in [5.41, 5.74) is 1.54. The molecular formula is C24H21N3O5S. The van der Waals surface area contributed by atoms with Crippen LogP contribution >= 0.6 is 11.3 Å². The van der Waals surface area contributed by atoms with E-state index >= 15 is 0 Å². The zero-order valence-electron chi connectivity index (χ0n) is 18.0. The molecule has 168 valence electrons. The molecule has 0 aliphatic heterocycles. The van der Waals surface area contributed by atoms with Crippen molar-refractivity contribution in [3.63, 3.8) is 0 Å². The number of aromatic nitrogens is 2. The molecule has 0 aliphatic carbocycles. The van der Waals surface area contributed by atoms with E-state index in [0.717, 1.165) is 16.9 Å². The van der Waals surface area contributed by atoms with Crippen LogP contribution < -0.4 is 15.6 Å². The molecule has 0 bridgehead atoms. The lowest BCUT2D eigenvalue weighted by Gasteiger charge is -2.13. The third-order valence-corrected chi connectivity index (χ3v) is 5.86. The Morgan fingerprint density at radius 3 is 2.45 bits per heavy atom. The molecule has 4 aromatic rings. The molecule has 0 radical (unpaired) electrons. The molecule has 9 heteroatoms. The minimum absolute atomic E-state index is 0.00257. The van der Waals surface area contributed by atoms with E-state index in [1.54, 1.807) is 24.3 Å². The Labute approximate surface area is 193 Å². The first-order valence-corrected chi connectivity index (χ1v) is 11.1. The molecule has 0 saturated heterocycles. The van der Waals surface area contributed by atoms with Crippen LogP contribution in [0.3, 0.4) is 0 Å². The van der Waals surface area contributed by atoms with Crippen molar-refractivity contribution in [3.8, 4) is 17.1 Å². The van der Waals surface area contributed by atoms with Gasteiger partial charge < -0.3 is 15.2 Å². The zero-order valence-corrected chi connectivity index (χ0v) is 18.8. The highest BCUT2D eigenvalue weighted by atomic mass is 32.1. The molecule has 8 nitrogen and oxygen atoms in total. The number of benzene rings is 2. The Kier molecular flexibility index (Phi) is 6.23. The van der Waals surface area contributed by atoms with E-state index in [4.69, 9.17) is 4.74 Å². The normalized spacial score (nSPS) is 10.8. The number of anilines is 1. The number of carbonyl (C=O) groups is 2. The van der Waals surface area contributed by atoms with Crippen molar-refractivity contribution in [2.75, 3.05) is 11.9 Å². The van der Waals surface area contributed by atoms with E-state index in [-0.39, 0.29) is 17.5 Å². The van der Waals surface area contributed by atoms with Crippen LogP contribution in [0.4, 0.5) is 5.69 Å². The number of ether oxygens (including phenoxy) is 1. The van der Waals surface area contributed by atoms with Crippen LogP contribution in [0, 0.1) is 6.92 Å². The number of amides is 1. The van der Waals surface area contributed by atoms with Gasteiger partial charge in [-0.05, 0) is 38.1 Å². The summed E-state index contributed by atoms with van der Waals surface area (Å²) in [6.07, 6.45) is 0. The van der Waals surface area contributed by atoms with Crippen molar-refractivity contribution in [2.24, 2.45) is 0 Å². The van der Waals surface area contributed by atoms with Gasteiger partial charge in [0.2, 0.25) is 5.91 Å². The van der Waals surface area contributed by atoms with E-state index in [0.29, 0.717) is 34.3 Å². The maximum atomic E-state index is 13.4. The Bertz CT molecular complexity index is 1390. The third kappa shape index (κ3) is 4.63. The molecule has 0 atom stereocenters. The number of carboxylic acids is 1. The Balaban J connectivity index is 1.74. The minimum Gasteiger partial charge on any atom is -0.494 e. The largest absolute Gasteiger partial charge is 0.494 e. The maximum absolute atomic E-state index is 13.4. The third-order valence-electron chi connectivity index (χ3n) is 4.98. The number of aryl methyl sites for hydroxylation is 1. The molecule has 0 fully saturated rings. The number of carboxylic acid groups (broad SMARTS) is 1. The maximum Gasteiger partial charge on any atom is 0.337 e. The first-order chi connectivity index (χ1) is 15.9. The SMILES string of the molecule is CCOc1ccc(NC(=O)Cn2c(-c3ccc(C)cc3)nc3scc(C(=O)O)c3c2=O)cc1. The smallest absolute Gasteiger partial charge is 0.337 e. The van der Waals surface area contributed by atoms with Crippen molar-refractivity contribution < 1.29 is 19.4 Å². The molecule has 2 heterocycles. The molecule has 33 heavy (non-hydrogen) atoms. The summed E-state index contributed by atoms with van der Waals surface area (Å²) in [7, 11) is 0. The Morgan fingerprint density at radius 2 is 1.82 bits per heavy atom. The van der Waals surface area contributed by atoms with Crippen molar-refractivity contribution in [1.29, 1.82) is 0 Å². The first kappa shape index (κ1) is 22.2. The Hall–Kier alpha value is -3.98. The summed E-state index contributed by atoms with van der Waals surface area (Å²) in [5, 5.41) is 13.6. The van der Waals surface area contributed by atoms with Crippen molar-refractivity contribution in [1.82, 2.24) is 9.55 Å². The van der Waals surface area contributed by atoms with Gasteiger partial charge in [-0.25, -0.2) is 9.78 Å². The van der Waals surface area contributed by atoms with E-state index in [9.17, 15) is 19.5 Å². The predicted molar refractivity (Wildman–Crippen MR) is 127 cm³/mol. The number of aromatic carboxylic acids is 1. The second-order valence-electron chi connectivity index (χ2n) is 7.33. The number of thiophene rings is 1. The summed E-state index contributed by atoms with van der Waals surface area (Å²) >= 11 is 1.09. The van der Waals surface area contributed by atoms with Crippen LogP contribution in [-0.4, -0.2) is 33.1 Å². The van der Waals surface area contributed by atoms with E-state index in [2.05, 4.69) is 10.3 Å². The second kappa shape index (κ2) is 9.25.